The Balaban J connectivity index is 1.81. The van der Waals surface area contributed by atoms with Crippen molar-refractivity contribution in [2.45, 2.75) is 64.5 Å². The second kappa shape index (κ2) is 5.95. The minimum Gasteiger partial charge on any atom is -0.362 e. The Morgan fingerprint density at radius 2 is 2.19 bits per heavy atom. The summed E-state index contributed by atoms with van der Waals surface area (Å²) >= 11 is 1.92. The van der Waals surface area contributed by atoms with Gasteiger partial charge in [-0.2, -0.15) is 0 Å². The normalized spacial score (nSPS) is 34.9. The second-order valence-corrected chi connectivity index (χ2v) is 6.10. The lowest BCUT2D eigenvalue weighted by Gasteiger charge is -2.29. The van der Waals surface area contributed by atoms with Crippen molar-refractivity contribution in [3.8, 4) is 0 Å². The van der Waals surface area contributed by atoms with Crippen LogP contribution in [-0.4, -0.2) is 23.0 Å². The molecule has 3 heteroatoms. The maximum atomic E-state index is 4.72. The van der Waals surface area contributed by atoms with Crippen LogP contribution in [0.2, 0.25) is 0 Å². The van der Waals surface area contributed by atoms with E-state index >= 15 is 0 Å². The van der Waals surface area contributed by atoms with Gasteiger partial charge in [0.2, 0.25) is 0 Å². The average Bonchev–Trinajstić information content (AvgIpc) is 2.77. The smallest absolute Gasteiger partial charge is 0.157 e. The summed E-state index contributed by atoms with van der Waals surface area (Å²) in [5, 5.41) is 4.88. The zero-order chi connectivity index (χ0) is 11.4. The molecule has 2 nitrogen and oxygen atoms in total. The van der Waals surface area contributed by atoms with Crippen molar-refractivity contribution in [3.05, 3.63) is 0 Å². The molecule has 0 bridgehead atoms. The molecule has 1 aliphatic carbocycles. The fourth-order valence-corrected chi connectivity index (χ4v) is 3.81. The van der Waals surface area contributed by atoms with Crippen molar-refractivity contribution in [3.63, 3.8) is 0 Å². The molecule has 1 heterocycles. The van der Waals surface area contributed by atoms with Crippen LogP contribution in [0.5, 0.6) is 0 Å². The quantitative estimate of drug-likeness (QED) is 0.817. The Morgan fingerprint density at radius 1 is 1.31 bits per heavy atom. The standard InChI is InChI=1S/C13H24N2S/c1-3-10-6-5-7-12(8-10)15-13-14-11(4-2)9-16-13/h10-12H,3-9H2,1-2H3,(H,14,15). The second-order valence-electron chi connectivity index (χ2n) is 5.09. The molecule has 0 amide bonds. The van der Waals surface area contributed by atoms with Crippen molar-refractivity contribution < 1.29 is 0 Å². The highest BCUT2D eigenvalue weighted by Gasteiger charge is 2.24. The first-order chi connectivity index (χ1) is 7.81. The Labute approximate surface area is 104 Å². The number of thioether (sulfide) groups is 1. The van der Waals surface area contributed by atoms with Crippen LogP contribution in [0.25, 0.3) is 0 Å². The summed E-state index contributed by atoms with van der Waals surface area (Å²) in [5.41, 5.74) is 0. The summed E-state index contributed by atoms with van der Waals surface area (Å²) in [5.74, 6) is 2.13. The van der Waals surface area contributed by atoms with Gasteiger partial charge in [-0.3, -0.25) is 4.99 Å². The summed E-state index contributed by atoms with van der Waals surface area (Å²) in [6.45, 7) is 4.55. The van der Waals surface area contributed by atoms with E-state index in [0.717, 1.165) is 5.92 Å². The highest BCUT2D eigenvalue weighted by Crippen LogP contribution is 2.28. The first-order valence-electron chi connectivity index (χ1n) is 6.79. The number of amidine groups is 1. The van der Waals surface area contributed by atoms with Crippen molar-refractivity contribution in [1.29, 1.82) is 0 Å². The summed E-state index contributed by atoms with van der Waals surface area (Å²) < 4.78 is 0. The van der Waals surface area contributed by atoms with Crippen LogP contribution in [0.15, 0.2) is 4.99 Å². The highest BCUT2D eigenvalue weighted by atomic mass is 32.2. The van der Waals surface area contributed by atoms with E-state index < -0.39 is 0 Å². The first-order valence-corrected chi connectivity index (χ1v) is 7.77. The van der Waals surface area contributed by atoms with E-state index in [9.17, 15) is 0 Å². The van der Waals surface area contributed by atoms with Gasteiger partial charge in [0.05, 0.1) is 6.04 Å². The first kappa shape index (κ1) is 12.3. The Morgan fingerprint density at radius 3 is 2.88 bits per heavy atom. The SMILES string of the molecule is CCC1CCCC(NC2=NC(CC)CS2)C1. The monoisotopic (exact) mass is 240 g/mol. The number of hydrogen-bond acceptors (Lipinski definition) is 3. The van der Waals surface area contributed by atoms with Crippen molar-refractivity contribution in [2.24, 2.45) is 10.9 Å². The number of nitrogens with zero attached hydrogens (tertiary/aromatic N) is 1. The fourth-order valence-electron chi connectivity index (χ4n) is 2.67. The summed E-state index contributed by atoms with van der Waals surface area (Å²) in [6.07, 6.45) is 8.05. The van der Waals surface area contributed by atoms with E-state index in [1.165, 1.54) is 49.4 Å². The van der Waals surface area contributed by atoms with E-state index in [0.29, 0.717) is 12.1 Å². The molecule has 3 atom stereocenters. The lowest BCUT2D eigenvalue weighted by atomic mass is 9.84. The molecule has 3 unspecified atom stereocenters. The molecule has 0 radical (unpaired) electrons. The molecule has 1 fully saturated rings. The molecule has 2 aliphatic rings. The van der Waals surface area contributed by atoms with Gasteiger partial charge in [-0.25, -0.2) is 0 Å². The third-order valence-electron chi connectivity index (χ3n) is 3.87. The third-order valence-corrected chi connectivity index (χ3v) is 4.92. The summed E-state index contributed by atoms with van der Waals surface area (Å²) in [7, 11) is 0. The molecule has 1 saturated carbocycles. The summed E-state index contributed by atoms with van der Waals surface area (Å²) in [4.78, 5) is 4.72. The van der Waals surface area contributed by atoms with Crippen LogP contribution in [0, 0.1) is 5.92 Å². The van der Waals surface area contributed by atoms with Gasteiger partial charge < -0.3 is 5.32 Å². The van der Waals surface area contributed by atoms with E-state index in [1.807, 2.05) is 11.8 Å². The molecule has 2 rings (SSSR count). The van der Waals surface area contributed by atoms with Gasteiger partial charge in [-0.1, -0.05) is 44.9 Å². The van der Waals surface area contributed by atoms with Gasteiger partial charge in [0.15, 0.2) is 5.17 Å². The maximum Gasteiger partial charge on any atom is 0.157 e. The van der Waals surface area contributed by atoms with Gasteiger partial charge >= 0.3 is 0 Å². The summed E-state index contributed by atoms with van der Waals surface area (Å²) in [6, 6.07) is 1.26. The molecule has 0 aromatic rings. The molecular formula is C13H24N2S. The molecule has 0 saturated heterocycles. The minimum absolute atomic E-state index is 0.568. The van der Waals surface area contributed by atoms with Gasteiger partial charge in [0.1, 0.15) is 0 Å². The maximum absolute atomic E-state index is 4.72. The van der Waals surface area contributed by atoms with E-state index in [1.54, 1.807) is 0 Å². The van der Waals surface area contributed by atoms with Crippen LogP contribution in [0.1, 0.15) is 52.4 Å². The van der Waals surface area contributed by atoms with E-state index in [-0.39, 0.29) is 0 Å². The van der Waals surface area contributed by atoms with Gasteiger partial charge in [0, 0.05) is 11.8 Å². The lowest BCUT2D eigenvalue weighted by Crippen LogP contribution is -2.36. The molecule has 0 spiro atoms. The third kappa shape index (κ3) is 3.16. The van der Waals surface area contributed by atoms with Gasteiger partial charge in [-0.15, -0.1) is 0 Å². The van der Waals surface area contributed by atoms with Crippen LogP contribution >= 0.6 is 11.8 Å². The van der Waals surface area contributed by atoms with Crippen LogP contribution < -0.4 is 5.32 Å². The Bertz CT molecular complexity index is 252. The van der Waals surface area contributed by atoms with Crippen LogP contribution in [0.4, 0.5) is 0 Å². The molecule has 16 heavy (non-hydrogen) atoms. The Hall–Kier alpha value is -0.180. The zero-order valence-corrected chi connectivity index (χ0v) is 11.4. The fraction of sp³-hybridized carbons (Fsp3) is 0.923. The van der Waals surface area contributed by atoms with E-state index in [2.05, 4.69) is 19.2 Å². The van der Waals surface area contributed by atoms with Crippen LogP contribution in [0.3, 0.4) is 0 Å². The predicted molar refractivity (Wildman–Crippen MR) is 73.1 cm³/mol. The average molecular weight is 240 g/mol. The van der Waals surface area contributed by atoms with E-state index in [4.69, 9.17) is 4.99 Å². The lowest BCUT2D eigenvalue weighted by molar-refractivity contribution is 0.300. The number of rotatable bonds is 3. The van der Waals surface area contributed by atoms with Gasteiger partial charge in [0.25, 0.3) is 0 Å². The number of hydrogen-bond donors (Lipinski definition) is 1. The number of nitrogens with one attached hydrogen (secondary N) is 1. The largest absolute Gasteiger partial charge is 0.362 e. The molecule has 1 N–H and O–H groups in total. The molecule has 0 aromatic carbocycles. The van der Waals surface area contributed by atoms with Crippen molar-refractivity contribution in [1.82, 2.24) is 5.32 Å². The molecule has 92 valence electrons. The Kier molecular flexibility index (Phi) is 4.56. The molecular weight excluding hydrogens is 216 g/mol. The van der Waals surface area contributed by atoms with Crippen molar-refractivity contribution in [2.75, 3.05) is 5.75 Å². The molecule has 0 aromatic heterocycles. The number of aliphatic imine (C=N–C) groups is 1. The van der Waals surface area contributed by atoms with Crippen LogP contribution in [-0.2, 0) is 0 Å². The topological polar surface area (TPSA) is 24.4 Å². The zero-order valence-electron chi connectivity index (χ0n) is 10.5. The van der Waals surface area contributed by atoms with Gasteiger partial charge in [-0.05, 0) is 25.2 Å². The highest BCUT2D eigenvalue weighted by molar-refractivity contribution is 8.14. The van der Waals surface area contributed by atoms with Crippen molar-refractivity contribution >= 4 is 16.9 Å². The minimum atomic E-state index is 0.568. The molecule has 1 aliphatic heterocycles. The predicted octanol–water partition coefficient (Wildman–Crippen LogP) is 3.43.